The van der Waals surface area contributed by atoms with E-state index >= 15 is 0 Å². The van der Waals surface area contributed by atoms with Crippen molar-refractivity contribution in [1.29, 1.82) is 0 Å². The van der Waals surface area contributed by atoms with E-state index in [1.807, 2.05) is 0 Å². The van der Waals surface area contributed by atoms with E-state index in [9.17, 15) is 0 Å². The number of benzene rings is 1. The fourth-order valence-electron chi connectivity index (χ4n) is 2.10. The Morgan fingerprint density at radius 1 is 1.41 bits per heavy atom. The van der Waals surface area contributed by atoms with Crippen molar-refractivity contribution in [2.75, 3.05) is 5.88 Å². The van der Waals surface area contributed by atoms with Crippen LogP contribution >= 0.6 is 27.5 Å². The highest BCUT2D eigenvalue weighted by atomic mass is 79.9. The first kappa shape index (κ1) is 12.9. The molecule has 17 heavy (non-hydrogen) atoms. The zero-order valence-electron chi connectivity index (χ0n) is 10.1. The zero-order valence-corrected chi connectivity index (χ0v) is 12.4. The summed E-state index contributed by atoms with van der Waals surface area (Å²) >= 11 is 9.25. The molecule has 0 aliphatic heterocycles. The molecule has 92 valence electrons. The monoisotopic (exact) mass is 314 g/mol. The van der Waals surface area contributed by atoms with E-state index in [2.05, 4.69) is 52.5 Å². The van der Waals surface area contributed by atoms with Gasteiger partial charge < -0.3 is 4.57 Å². The topological polar surface area (TPSA) is 17.8 Å². The van der Waals surface area contributed by atoms with Crippen LogP contribution in [-0.4, -0.2) is 15.4 Å². The first-order valence-corrected chi connectivity index (χ1v) is 7.18. The number of aryl methyl sites for hydroxylation is 1. The minimum absolute atomic E-state index is 0.423. The van der Waals surface area contributed by atoms with Crippen molar-refractivity contribution in [3.05, 3.63) is 28.5 Å². The molecular formula is C13H16BrClN2. The minimum Gasteiger partial charge on any atom is -0.325 e. The Morgan fingerprint density at radius 2 is 2.18 bits per heavy atom. The lowest BCUT2D eigenvalue weighted by molar-refractivity contribution is 0.580. The number of rotatable bonds is 4. The third-order valence-electron chi connectivity index (χ3n) is 2.77. The highest BCUT2D eigenvalue weighted by Crippen LogP contribution is 2.24. The molecule has 0 fully saturated rings. The lowest BCUT2D eigenvalue weighted by Gasteiger charge is -2.12. The van der Waals surface area contributed by atoms with E-state index in [0.717, 1.165) is 28.7 Å². The average molecular weight is 316 g/mol. The van der Waals surface area contributed by atoms with Gasteiger partial charge in [-0.2, -0.15) is 0 Å². The molecule has 0 atom stereocenters. The Labute approximate surface area is 115 Å². The second-order valence-electron chi connectivity index (χ2n) is 4.42. The van der Waals surface area contributed by atoms with Gasteiger partial charge in [0.05, 0.1) is 11.0 Å². The molecular weight excluding hydrogens is 300 g/mol. The van der Waals surface area contributed by atoms with Crippen LogP contribution in [0, 0.1) is 0 Å². The highest BCUT2D eigenvalue weighted by molar-refractivity contribution is 9.10. The smallest absolute Gasteiger partial charge is 0.110 e. The summed E-state index contributed by atoms with van der Waals surface area (Å²) in [5.74, 6) is 1.82. The Hall–Kier alpha value is -0.540. The second kappa shape index (κ2) is 5.40. The standard InChI is InChI=1S/C13H16BrClN2/c1-9(2)17-12-6-5-10(14)8-11(12)16-13(17)4-3-7-15/h5-6,8-9H,3-4,7H2,1-2H3. The molecule has 2 rings (SSSR count). The normalized spacial score (nSPS) is 11.6. The van der Waals surface area contributed by atoms with Crippen LogP contribution in [0.25, 0.3) is 11.0 Å². The SMILES string of the molecule is CC(C)n1c(CCCCl)nc2cc(Br)ccc21. The second-order valence-corrected chi connectivity index (χ2v) is 5.71. The van der Waals surface area contributed by atoms with Crippen molar-refractivity contribution in [3.63, 3.8) is 0 Å². The molecule has 1 aromatic heterocycles. The van der Waals surface area contributed by atoms with E-state index in [0.29, 0.717) is 11.9 Å². The number of hydrogen-bond acceptors (Lipinski definition) is 1. The van der Waals surface area contributed by atoms with Gasteiger partial charge in [0, 0.05) is 22.8 Å². The predicted molar refractivity (Wildman–Crippen MR) is 76.9 cm³/mol. The summed E-state index contributed by atoms with van der Waals surface area (Å²) in [5, 5.41) is 0. The summed E-state index contributed by atoms with van der Waals surface area (Å²) in [6.45, 7) is 4.38. The van der Waals surface area contributed by atoms with Crippen molar-refractivity contribution in [3.8, 4) is 0 Å². The van der Waals surface area contributed by atoms with Gasteiger partial charge in [-0.1, -0.05) is 15.9 Å². The fraction of sp³-hybridized carbons (Fsp3) is 0.462. The van der Waals surface area contributed by atoms with Crippen molar-refractivity contribution >= 4 is 38.6 Å². The number of halogens is 2. The summed E-state index contributed by atoms with van der Waals surface area (Å²) in [4.78, 5) is 4.71. The predicted octanol–water partition coefficient (Wildman–Crippen LogP) is 4.55. The van der Waals surface area contributed by atoms with Gasteiger partial charge in [-0.3, -0.25) is 0 Å². The maximum atomic E-state index is 5.76. The molecule has 0 bridgehead atoms. The summed E-state index contributed by atoms with van der Waals surface area (Å²) in [6, 6.07) is 6.68. The van der Waals surface area contributed by atoms with Crippen LogP contribution in [0.1, 0.15) is 32.1 Å². The molecule has 0 radical (unpaired) electrons. The molecule has 0 saturated heterocycles. The summed E-state index contributed by atoms with van der Waals surface area (Å²) < 4.78 is 3.37. The lowest BCUT2D eigenvalue weighted by atomic mass is 10.2. The Morgan fingerprint density at radius 3 is 2.82 bits per heavy atom. The molecule has 0 aliphatic rings. The highest BCUT2D eigenvalue weighted by Gasteiger charge is 2.12. The van der Waals surface area contributed by atoms with Crippen LogP contribution < -0.4 is 0 Å². The third-order valence-corrected chi connectivity index (χ3v) is 3.54. The molecule has 1 heterocycles. The molecule has 2 aromatic rings. The van der Waals surface area contributed by atoms with Gasteiger partial charge in [0.15, 0.2) is 0 Å². The molecule has 0 saturated carbocycles. The van der Waals surface area contributed by atoms with Gasteiger partial charge in [0.2, 0.25) is 0 Å². The molecule has 0 unspecified atom stereocenters. The van der Waals surface area contributed by atoms with Gasteiger partial charge in [0.25, 0.3) is 0 Å². The van der Waals surface area contributed by atoms with Crippen molar-refractivity contribution in [2.24, 2.45) is 0 Å². The minimum atomic E-state index is 0.423. The quantitative estimate of drug-likeness (QED) is 0.757. The van der Waals surface area contributed by atoms with E-state index < -0.39 is 0 Å². The average Bonchev–Trinajstić information content (AvgIpc) is 2.63. The van der Waals surface area contributed by atoms with Crippen LogP contribution in [-0.2, 0) is 6.42 Å². The largest absolute Gasteiger partial charge is 0.325 e. The van der Waals surface area contributed by atoms with Crippen LogP contribution in [0.5, 0.6) is 0 Å². The number of aromatic nitrogens is 2. The molecule has 4 heteroatoms. The van der Waals surface area contributed by atoms with Crippen molar-refractivity contribution in [2.45, 2.75) is 32.7 Å². The van der Waals surface area contributed by atoms with Crippen LogP contribution in [0.4, 0.5) is 0 Å². The van der Waals surface area contributed by atoms with E-state index in [1.54, 1.807) is 0 Å². The Bertz CT molecular complexity index is 519. The number of imidazole rings is 1. The number of alkyl halides is 1. The van der Waals surface area contributed by atoms with Gasteiger partial charge in [0.1, 0.15) is 5.82 Å². The van der Waals surface area contributed by atoms with Crippen molar-refractivity contribution < 1.29 is 0 Å². The molecule has 2 nitrogen and oxygen atoms in total. The maximum Gasteiger partial charge on any atom is 0.110 e. The number of nitrogens with zero attached hydrogens (tertiary/aromatic N) is 2. The van der Waals surface area contributed by atoms with Gasteiger partial charge >= 0.3 is 0 Å². The Kier molecular flexibility index (Phi) is 4.10. The first-order valence-electron chi connectivity index (χ1n) is 5.86. The third kappa shape index (κ3) is 2.66. The van der Waals surface area contributed by atoms with Gasteiger partial charge in [-0.25, -0.2) is 4.98 Å². The molecule has 1 aromatic carbocycles. The van der Waals surface area contributed by atoms with Gasteiger partial charge in [-0.15, -0.1) is 11.6 Å². The van der Waals surface area contributed by atoms with E-state index in [1.165, 1.54) is 5.52 Å². The summed E-state index contributed by atoms with van der Waals surface area (Å²) in [6.07, 6.45) is 1.91. The van der Waals surface area contributed by atoms with Crippen LogP contribution in [0.3, 0.4) is 0 Å². The first-order chi connectivity index (χ1) is 8.13. The molecule has 0 spiro atoms. The van der Waals surface area contributed by atoms with Gasteiger partial charge in [-0.05, 0) is 38.5 Å². The van der Waals surface area contributed by atoms with Crippen LogP contribution in [0.15, 0.2) is 22.7 Å². The maximum absolute atomic E-state index is 5.76. The zero-order chi connectivity index (χ0) is 12.4. The number of hydrogen-bond donors (Lipinski definition) is 0. The van der Waals surface area contributed by atoms with E-state index in [-0.39, 0.29) is 0 Å². The van der Waals surface area contributed by atoms with Crippen LogP contribution in [0.2, 0.25) is 0 Å². The van der Waals surface area contributed by atoms with E-state index in [4.69, 9.17) is 16.6 Å². The number of fused-ring (bicyclic) bond motifs is 1. The van der Waals surface area contributed by atoms with Crippen molar-refractivity contribution in [1.82, 2.24) is 9.55 Å². The summed E-state index contributed by atoms with van der Waals surface area (Å²) in [5.41, 5.74) is 2.26. The lowest BCUT2D eigenvalue weighted by Crippen LogP contribution is -2.06. The molecule has 0 aliphatic carbocycles. The fourth-order valence-corrected chi connectivity index (χ4v) is 2.58. The summed E-state index contributed by atoms with van der Waals surface area (Å²) in [7, 11) is 0. The Balaban J connectivity index is 2.53. The molecule has 0 amide bonds. The molecule has 0 N–H and O–H groups in total.